The van der Waals surface area contributed by atoms with E-state index in [1.807, 2.05) is 225 Å². The molecule has 12 nitrogen and oxygen atoms in total. The van der Waals surface area contributed by atoms with Crippen molar-refractivity contribution >= 4 is 19.4 Å². The van der Waals surface area contributed by atoms with Gasteiger partial charge in [-0.05, 0) is 58.6 Å². The van der Waals surface area contributed by atoms with E-state index in [1.165, 1.54) is 0 Å². The molecule has 2 fully saturated rings. The minimum absolute atomic E-state index is 0.113. The maximum atomic E-state index is 15.3. The van der Waals surface area contributed by atoms with Crippen LogP contribution in [0.2, 0.25) is 13.1 Å². The van der Waals surface area contributed by atoms with Crippen molar-refractivity contribution in [3.8, 4) is 0 Å². The Balaban J connectivity index is 1.07. The summed E-state index contributed by atoms with van der Waals surface area (Å²) in [5, 5.41) is 0. The number of hydrogen-bond acceptors (Lipinski definition) is 12. The maximum Gasteiger partial charge on any atom is 0.332 e. The third kappa shape index (κ3) is 16.3. The maximum absolute atomic E-state index is 15.3. The largest absolute Gasteiger partial charge is 0.385 e. The van der Waals surface area contributed by atoms with Gasteiger partial charge in [0, 0.05) is 12.0 Å². The monoisotopic (exact) mass is 1080 g/mol. The lowest BCUT2D eigenvalue weighted by molar-refractivity contribution is -0.312. The van der Waals surface area contributed by atoms with E-state index in [0.29, 0.717) is 18.1 Å². The first-order chi connectivity index (χ1) is 37.8. The van der Waals surface area contributed by atoms with Gasteiger partial charge in [-0.3, -0.25) is 4.21 Å². The highest BCUT2D eigenvalue weighted by atomic mass is 32.2. The molecule has 0 bridgehead atoms. The van der Waals surface area contributed by atoms with Crippen molar-refractivity contribution in [1.82, 2.24) is 0 Å². The first-order valence-corrected chi connectivity index (χ1v) is 30.3. The van der Waals surface area contributed by atoms with Gasteiger partial charge >= 0.3 is 8.56 Å². The van der Waals surface area contributed by atoms with E-state index >= 15 is 4.21 Å². The summed E-state index contributed by atoms with van der Waals surface area (Å²) in [6, 6.07) is 69.1. The number of hydrogen-bond donors (Lipinski definition) is 0. The van der Waals surface area contributed by atoms with Crippen LogP contribution in [-0.2, 0) is 102 Å². The van der Waals surface area contributed by atoms with Crippen LogP contribution in [0.4, 0.5) is 0 Å². The van der Waals surface area contributed by atoms with E-state index in [0.717, 1.165) is 33.4 Å². The Morgan fingerprint density at radius 2 is 0.701 bits per heavy atom. The van der Waals surface area contributed by atoms with E-state index in [1.54, 1.807) is 7.11 Å². The van der Waals surface area contributed by atoms with Crippen molar-refractivity contribution in [3.63, 3.8) is 0 Å². The van der Waals surface area contributed by atoms with Gasteiger partial charge < -0.3 is 51.5 Å². The molecule has 2 aliphatic heterocycles. The van der Waals surface area contributed by atoms with Gasteiger partial charge in [-0.1, -0.05) is 200 Å². The van der Waals surface area contributed by atoms with Crippen LogP contribution in [0.5, 0.6) is 0 Å². The van der Waals surface area contributed by atoms with Crippen molar-refractivity contribution in [2.75, 3.05) is 20.3 Å². The predicted molar refractivity (Wildman–Crippen MR) is 297 cm³/mol. The summed E-state index contributed by atoms with van der Waals surface area (Å²) < 4.78 is 91.2. The Morgan fingerprint density at radius 1 is 0.390 bits per heavy atom. The Kier molecular flexibility index (Phi) is 21.1. The van der Waals surface area contributed by atoms with Gasteiger partial charge in [0.1, 0.15) is 48.8 Å². The predicted octanol–water partition coefficient (Wildman–Crippen LogP) is 11.1. The Hall–Kier alpha value is -5.53. The van der Waals surface area contributed by atoms with Crippen LogP contribution in [-0.4, -0.2) is 93.7 Å². The lowest BCUT2D eigenvalue weighted by Gasteiger charge is -2.50. The average Bonchev–Trinajstić information content (AvgIpc) is 3.47. The summed E-state index contributed by atoms with van der Waals surface area (Å²) in [5.74, 6) is 0. The van der Waals surface area contributed by atoms with Gasteiger partial charge in [0.05, 0.1) is 63.7 Å². The molecular weight excluding hydrogens is 1010 g/mol. The van der Waals surface area contributed by atoms with E-state index in [2.05, 4.69) is 0 Å². The summed E-state index contributed by atoms with van der Waals surface area (Å²) >= 11 is 0. The second kappa shape index (κ2) is 28.9. The van der Waals surface area contributed by atoms with Gasteiger partial charge in [-0.15, -0.1) is 0 Å². The van der Waals surface area contributed by atoms with Crippen LogP contribution in [0, 0.1) is 0 Å². The van der Waals surface area contributed by atoms with Crippen LogP contribution in [0.15, 0.2) is 217 Å². The average molecular weight is 1080 g/mol. The molecule has 2 heterocycles. The molecule has 0 saturated carbocycles. The number of rotatable bonds is 27. The SMILES string of the molecule is CO[C@@H]1O[C@H](COCc2ccccc2)[C@@H](OCc2ccccc2)[C@H](OCc2ccccc2)[C@H]1O[Si](C)(C)O[C@H]1C(S(=O)c2ccccc2)O[C@H](COCc2ccccc2)[C@H](OCc2ccccc2)[C@@H]1OCc1ccccc1. The van der Waals surface area contributed by atoms with Crippen molar-refractivity contribution in [1.29, 1.82) is 0 Å². The van der Waals surface area contributed by atoms with Gasteiger partial charge in [-0.2, -0.15) is 0 Å². The lowest BCUT2D eigenvalue weighted by atomic mass is 9.98. The first-order valence-electron chi connectivity index (χ1n) is 26.3. The lowest BCUT2D eigenvalue weighted by Crippen LogP contribution is -2.66. The van der Waals surface area contributed by atoms with Crippen LogP contribution in [0.1, 0.15) is 33.4 Å². The Morgan fingerprint density at radius 3 is 1.08 bits per heavy atom. The highest BCUT2D eigenvalue weighted by Gasteiger charge is 2.55. The first kappa shape index (κ1) is 56.2. The molecule has 2 saturated heterocycles. The molecule has 2 aliphatic rings. The normalized spacial score (nSPS) is 24.0. The summed E-state index contributed by atoms with van der Waals surface area (Å²) in [5.41, 5.74) is 4.80. The third-order valence-corrected chi connectivity index (χ3v) is 16.6. The molecule has 0 radical (unpaired) electrons. The van der Waals surface area contributed by atoms with Crippen molar-refractivity contribution in [3.05, 3.63) is 246 Å². The van der Waals surface area contributed by atoms with Gasteiger partial charge in [0.15, 0.2) is 11.7 Å². The quantitative estimate of drug-likeness (QED) is 0.0456. The third-order valence-electron chi connectivity index (χ3n) is 13.4. The standard InChI is InChI=1S/C63H70O12SSi/c1-65-62-60(58(70-43-51-33-19-8-20-34-51)56(68-41-49-29-15-6-16-30-49)54(72-62)45-66-39-47-25-11-4-12-26-47)74-77(2,3)75-61-59(71-44-52-35-21-9-22-36-52)57(69-42-50-31-17-7-18-32-50)55(46-67-40-48-27-13-5-14-28-48)73-63(61)76(64)53-37-23-10-24-38-53/h4-38,54-63H,39-46H2,1-3H3/t54-,55-,56-,57+,58+,59+,60-,61-,62-,63?,76?/m1/s1. The smallest absolute Gasteiger partial charge is 0.332 e. The summed E-state index contributed by atoms with van der Waals surface area (Å²) in [7, 11) is -3.75. The number of ether oxygens (including phenoxy) is 9. The van der Waals surface area contributed by atoms with Crippen molar-refractivity contribution in [2.45, 2.75) is 118 Å². The molecule has 404 valence electrons. The fourth-order valence-corrected chi connectivity index (χ4v) is 13.0. The molecule has 9 rings (SSSR count). The molecule has 7 aromatic carbocycles. The molecule has 0 aromatic heterocycles. The topological polar surface area (TPSA) is 119 Å². The zero-order chi connectivity index (χ0) is 53.1. The summed E-state index contributed by atoms with van der Waals surface area (Å²) in [6.45, 7) is 5.84. The van der Waals surface area contributed by atoms with Crippen LogP contribution in [0.3, 0.4) is 0 Å². The van der Waals surface area contributed by atoms with E-state index in [4.69, 9.17) is 51.5 Å². The second-order valence-corrected chi connectivity index (χ2v) is 24.3. The fraction of sp³-hybridized carbons (Fsp3) is 0.333. The van der Waals surface area contributed by atoms with Crippen molar-refractivity contribution < 1.29 is 55.7 Å². The van der Waals surface area contributed by atoms with E-state index in [-0.39, 0.29) is 39.6 Å². The Bertz CT molecular complexity index is 2770. The molecule has 7 aromatic rings. The van der Waals surface area contributed by atoms with E-state index < -0.39 is 79.9 Å². The summed E-state index contributed by atoms with van der Waals surface area (Å²) in [4.78, 5) is 0.564. The zero-order valence-electron chi connectivity index (χ0n) is 43.9. The molecule has 0 amide bonds. The zero-order valence-corrected chi connectivity index (χ0v) is 45.8. The second-order valence-electron chi connectivity index (χ2n) is 19.5. The molecule has 0 spiro atoms. The molecular formula is C63H70O12SSi. The van der Waals surface area contributed by atoms with Crippen LogP contribution in [0.25, 0.3) is 0 Å². The highest BCUT2D eigenvalue weighted by molar-refractivity contribution is 7.85. The van der Waals surface area contributed by atoms with Gasteiger partial charge in [-0.25, -0.2) is 0 Å². The molecule has 14 heteroatoms. The minimum Gasteiger partial charge on any atom is -0.385 e. The number of benzene rings is 7. The number of methoxy groups -OCH3 is 1. The molecule has 77 heavy (non-hydrogen) atoms. The van der Waals surface area contributed by atoms with Crippen LogP contribution >= 0.6 is 0 Å². The van der Waals surface area contributed by atoms with Crippen molar-refractivity contribution in [2.24, 2.45) is 0 Å². The fourth-order valence-electron chi connectivity index (χ4n) is 9.59. The van der Waals surface area contributed by atoms with Crippen LogP contribution < -0.4 is 0 Å². The van der Waals surface area contributed by atoms with Gasteiger partial charge in [0.2, 0.25) is 0 Å². The molecule has 2 unspecified atom stereocenters. The van der Waals surface area contributed by atoms with Gasteiger partial charge in [0.25, 0.3) is 0 Å². The Labute approximate surface area is 457 Å². The minimum atomic E-state index is -3.55. The molecule has 0 aliphatic carbocycles. The molecule has 0 N–H and O–H groups in total. The summed E-state index contributed by atoms with van der Waals surface area (Å²) in [6.07, 6.45) is -7.34. The van der Waals surface area contributed by atoms with E-state index in [9.17, 15) is 0 Å². The molecule has 11 atom stereocenters. The highest BCUT2D eigenvalue weighted by Crippen LogP contribution is 2.38.